The van der Waals surface area contributed by atoms with Crippen molar-refractivity contribution in [3.8, 4) is 22.3 Å². The second-order valence-corrected chi connectivity index (χ2v) is 8.05. The predicted octanol–water partition coefficient (Wildman–Crippen LogP) is 5.64. The topological polar surface area (TPSA) is 42.2 Å². The highest BCUT2D eigenvalue weighted by molar-refractivity contribution is 5.94. The van der Waals surface area contributed by atoms with E-state index in [0.29, 0.717) is 0 Å². The third-order valence-corrected chi connectivity index (χ3v) is 5.22. The van der Waals surface area contributed by atoms with E-state index in [4.69, 9.17) is 0 Å². The van der Waals surface area contributed by atoms with Gasteiger partial charge in [-0.15, -0.1) is 0 Å². The minimum atomic E-state index is -0.987. The van der Waals surface area contributed by atoms with Gasteiger partial charge in [-0.05, 0) is 41.2 Å². The molecule has 1 aliphatic heterocycles. The molecule has 0 atom stereocenters. The normalized spacial score (nSPS) is 15.1. The van der Waals surface area contributed by atoms with E-state index < -0.39 is 5.97 Å². The highest BCUT2D eigenvalue weighted by Crippen LogP contribution is 2.47. The SMILES string of the molecule is CC1(C)Cc2c(-c3ccccc3)c(-c3ccc(F)cc3)c(C=CC(=O)O)n2C1. The fraction of sp³-hybridized carbons (Fsp3) is 0.208. The summed E-state index contributed by atoms with van der Waals surface area (Å²) in [4.78, 5) is 11.2. The number of aromatic nitrogens is 1. The summed E-state index contributed by atoms with van der Waals surface area (Å²) in [5.74, 6) is -1.28. The molecule has 0 amide bonds. The van der Waals surface area contributed by atoms with E-state index in [-0.39, 0.29) is 11.2 Å². The lowest BCUT2D eigenvalue weighted by Gasteiger charge is -2.18. The van der Waals surface area contributed by atoms with E-state index in [0.717, 1.165) is 40.9 Å². The summed E-state index contributed by atoms with van der Waals surface area (Å²) in [6.07, 6.45) is 3.74. The Morgan fingerprint density at radius 2 is 1.68 bits per heavy atom. The maximum Gasteiger partial charge on any atom is 0.328 e. The summed E-state index contributed by atoms with van der Waals surface area (Å²) in [6, 6.07) is 16.5. The fourth-order valence-corrected chi connectivity index (χ4v) is 4.14. The summed E-state index contributed by atoms with van der Waals surface area (Å²) < 4.78 is 15.8. The molecule has 28 heavy (non-hydrogen) atoms. The number of aliphatic carboxylic acids is 1. The Bertz CT molecular complexity index is 1060. The largest absolute Gasteiger partial charge is 0.478 e. The summed E-state index contributed by atoms with van der Waals surface area (Å²) in [6.45, 7) is 5.25. The quantitative estimate of drug-likeness (QED) is 0.600. The standard InChI is InChI=1S/C24H22FNO2/c1-24(2)14-20-23(16-6-4-3-5-7-16)22(17-8-10-18(25)11-9-17)19(26(20)15-24)12-13-21(27)28/h3-13H,14-15H2,1-2H3,(H,27,28). The van der Waals surface area contributed by atoms with E-state index >= 15 is 0 Å². The zero-order valence-electron chi connectivity index (χ0n) is 15.9. The molecular weight excluding hydrogens is 353 g/mol. The first-order valence-corrected chi connectivity index (χ1v) is 9.33. The van der Waals surface area contributed by atoms with Crippen LogP contribution in [0.15, 0.2) is 60.7 Å². The van der Waals surface area contributed by atoms with Crippen molar-refractivity contribution in [2.24, 2.45) is 5.41 Å². The molecular formula is C24H22FNO2. The zero-order valence-corrected chi connectivity index (χ0v) is 15.9. The highest BCUT2D eigenvalue weighted by atomic mass is 19.1. The molecule has 1 aromatic heterocycles. The van der Waals surface area contributed by atoms with E-state index in [1.807, 2.05) is 18.2 Å². The number of halogens is 1. The van der Waals surface area contributed by atoms with Crippen LogP contribution in [0.5, 0.6) is 0 Å². The second kappa shape index (κ2) is 6.79. The van der Waals surface area contributed by atoms with Gasteiger partial charge in [0.2, 0.25) is 0 Å². The minimum Gasteiger partial charge on any atom is -0.478 e. The van der Waals surface area contributed by atoms with Crippen LogP contribution < -0.4 is 0 Å². The van der Waals surface area contributed by atoms with Crippen LogP contribution in [0.1, 0.15) is 25.2 Å². The van der Waals surface area contributed by atoms with Gasteiger partial charge in [-0.1, -0.05) is 56.3 Å². The Morgan fingerprint density at radius 3 is 2.32 bits per heavy atom. The van der Waals surface area contributed by atoms with Gasteiger partial charge in [0.15, 0.2) is 0 Å². The van der Waals surface area contributed by atoms with Crippen LogP contribution in [-0.2, 0) is 17.8 Å². The molecule has 0 saturated carbocycles. The maximum absolute atomic E-state index is 13.5. The molecule has 0 fully saturated rings. The smallest absolute Gasteiger partial charge is 0.328 e. The molecule has 1 aliphatic rings. The van der Waals surface area contributed by atoms with E-state index in [1.54, 1.807) is 18.2 Å². The summed E-state index contributed by atoms with van der Waals surface area (Å²) in [5, 5.41) is 9.20. The van der Waals surface area contributed by atoms with E-state index in [9.17, 15) is 14.3 Å². The number of hydrogen-bond donors (Lipinski definition) is 1. The summed E-state index contributed by atoms with van der Waals surface area (Å²) >= 11 is 0. The summed E-state index contributed by atoms with van der Waals surface area (Å²) in [5.41, 5.74) is 6.15. The monoisotopic (exact) mass is 375 g/mol. The van der Waals surface area contributed by atoms with Gasteiger partial charge in [-0.3, -0.25) is 0 Å². The van der Waals surface area contributed by atoms with Gasteiger partial charge < -0.3 is 9.67 Å². The molecule has 2 aromatic carbocycles. The van der Waals surface area contributed by atoms with Gasteiger partial charge in [0.05, 0.1) is 0 Å². The van der Waals surface area contributed by atoms with Crippen molar-refractivity contribution in [2.75, 3.05) is 0 Å². The van der Waals surface area contributed by atoms with Crippen LogP contribution in [0.4, 0.5) is 4.39 Å². The first-order valence-electron chi connectivity index (χ1n) is 9.33. The number of nitrogens with zero attached hydrogens (tertiary/aromatic N) is 1. The minimum absolute atomic E-state index is 0.0893. The Balaban J connectivity index is 2.04. The van der Waals surface area contributed by atoms with Crippen LogP contribution in [0.25, 0.3) is 28.3 Å². The third kappa shape index (κ3) is 3.26. The van der Waals surface area contributed by atoms with Crippen LogP contribution >= 0.6 is 0 Å². The first-order chi connectivity index (χ1) is 13.4. The molecule has 3 aromatic rings. The molecule has 0 saturated heterocycles. The maximum atomic E-state index is 13.5. The van der Waals surface area contributed by atoms with Crippen LogP contribution in [0.2, 0.25) is 0 Å². The van der Waals surface area contributed by atoms with E-state index in [1.165, 1.54) is 23.9 Å². The lowest BCUT2D eigenvalue weighted by Crippen LogP contribution is -2.13. The van der Waals surface area contributed by atoms with Gasteiger partial charge in [0.25, 0.3) is 0 Å². The van der Waals surface area contributed by atoms with Crippen molar-refractivity contribution < 1.29 is 14.3 Å². The van der Waals surface area contributed by atoms with Crippen molar-refractivity contribution in [3.05, 3.63) is 77.9 Å². The molecule has 0 spiro atoms. The average molecular weight is 375 g/mol. The molecule has 4 rings (SSSR count). The van der Waals surface area contributed by atoms with Crippen molar-refractivity contribution in [3.63, 3.8) is 0 Å². The second-order valence-electron chi connectivity index (χ2n) is 8.05. The first kappa shape index (κ1) is 18.2. The van der Waals surface area contributed by atoms with Crippen LogP contribution in [0.3, 0.4) is 0 Å². The lowest BCUT2D eigenvalue weighted by atomic mass is 9.86. The van der Waals surface area contributed by atoms with Crippen LogP contribution in [-0.4, -0.2) is 15.6 Å². The molecule has 0 unspecified atom stereocenters. The summed E-state index contributed by atoms with van der Waals surface area (Å²) in [7, 11) is 0. The number of fused-ring (bicyclic) bond motifs is 1. The van der Waals surface area contributed by atoms with Gasteiger partial charge in [-0.25, -0.2) is 9.18 Å². The molecule has 1 N–H and O–H groups in total. The molecule has 4 heteroatoms. The molecule has 0 radical (unpaired) electrons. The Kier molecular flexibility index (Phi) is 4.42. The van der Waals surface area contributed by atoms with Gasteiger partial charge in [0, 0.05) is 35.1 Å². The third-order valence-electron chi connectivity index (χ3n) is 5.22. The molecule has 142 valence electrons. The van der Waals surface area contributed by atoms with Crippen molar-refractivity contribution in [2.45, 2.75) is 26.8 Å². The van der Waals surface area contributed by atoms with Gasteiger partial charge >= 0.3 is 5.97 Å². The molecule has 2 heterocycles. The lowest BCUT2D eigenvalue weighted by molar-refractivity contribution is -0.131. The van der Waals surface area contributed by atoms with Crippen molar-refractivity contribution in [1.82, 2.24) is 4.57 Å². The van der Waals surface area contributed by atoms with Gasteiger partial charge in [0.1, 0.15) is 5.82 Å². The number of rotatable bonds is 4. The molecule has 3 nitrogen and oxygen atoms in total. The predicted molar refractivity (Wildman–Crippen MR) is 109 cm³/mol. The number of carboxylic acid groups (broad SMARTS) is 1. The molecule has 0 aliphatic carbocycles. The van der Waals surface area contributed by atoms with E-state index in [2.05, 4.69) is 30.5 Å². The fourth-order valence-electron chi connectivity index (χ4n) is 4.14. The highest BCUT2D eigenvalue weighted by Gasteiger charge is 2.35. The molecule has 0 bridgehead atoms. The Morgan fingerprint density at radius 1 is 1.04 bits per heavy atom. The Labute approximate surface area is 163 Å². The Hall–Kier alpha value is -3.14. The van der Waals surface area contributed by atoms with Crippen molar-refractivity contribution in [1.29, 1.82) is 0 Å². The number of carbonyl (C=O) groups is 1. The number of carboxylic acids is 1. The number of hydrogen-bond acceptors (Lipinski definition) is 1. The van der Waals surface area contributed by atoms with Gasteiger partial charge in [-0.2, -0.15) is 0 Å². The number of benzene rings is 2. The van der Waals surface area contributed by atoms with Crippen molar-refractivity contribution >= 4 is 12.0 Å². The zero-order chi connectivity index (χ0) is 19.9. The average Bonchev–Trinajstić information content (AvgIpc) is 3.11. The van der Waals surface area contributed by atoms with Crippen LogP contribution in [0, 0.1) is 11.2 Å².